The number of nitro groups is 1. The molecule has 2 atom stereocenters. The first-order chi connectivity index (χ1) is 12.4. The summed E-state index contributed by atoms with van der Waals surface area (Å²) in [5.41, 5.74) is 1.48. The summed E-state index contributed by atoms with van der Waals surface area (Å²) in [6.45, 7) is 5.86. The molecule has 1 saturated heterocycles. The van der Waals surface area contributed by atoms with Crippen LogP contribution in [0.25, 0.3) is 0 Å². The van der Waals surface area contributed by atoms with Crippen LogP contribution in [0, 0.1) is 23.0 Å². The second kappa shape index (κ2) is 7.78. The lowest BCUT2D eigenvalue weighted by atomic mass is 9.84. The van der Waals surface area contributed by atoms with E-state index in [0.29, 0.717) is 11.6 Å². The number of nitrogens with zero attached hydrogens (tertiary/aromatic N) is 3. The molecule has 0 aromatic heterocycles. The Labute approximate surface area is 158 Å². The Kier molecular flexibility index (Phi) is 5.65. The van der Waals surface area contributed by atoms with Crippen molar-refractivity contribution in [2.24, 2.45) is 10.9 Å². The number of non-ortho nitro benzene ring substituents is 1. The Morgan fingerprint density at radius 1 is 1.31 bits per heavy atom. The third-order valence-corrected chi connectivity index (χ3v) is 6.47. The minimum absolute atomic E-state index is 0.0578. The van der Waals surface area contributed by atoms with E-state index < -0.39 is 4.92 Å². The van der Waals surface area contributed by atoms with Crippen LogP contribution < -0.4 is 0 Å². The van der Waals surface area contributed by atoms with Gasteiger partial charge in [-0.05, 0) is 51.2 Å². The molecule has 1 aromatic carbocycles. The first-order valence-electron chi connectivity index (χ1n) is 9.22. The fourth-order valence-corrected chi connectivity index (χ4v) is 4.87. The molecule has 26 heavy (non-hydrogen) atoms. The molecule has 0 radical (unpaired) electrons. The van der Waals surface area contributed by atoms with E-state index in [-0.39, 0.29) is 22.9 Å². The largest absolute Gasteiger partial charge is 0.287 e. The Morgan fingerprint density at radius 2 is 2.00 bits per heavy atom. The molecule has 1 amide bonds. The highest BCUT2D eigenvalue weighted by molar-refractivity contribution is 8.15. The summed E-state index contributed by atoms with van der Waals surface area (Å²) in [5.74, 6) is 0.633. The van der Waals surface area contributed by atoms with Crippen molar-refractivity contribution in [3.8, 4) is 0 Å². The first kappa shape index (κ1) is 18.9. The number of carbonyl (C=O) groups is 1. The lowest BCUT2D eigenvalue weighted by Gasteiger charge is -2.34. The third-order valence-electron chi connectivity index (χ3n) is 5.42. The fourth-order valence-electron chi connectivity index (χ4n) is 3.82. The van der Waals surface area contributed by atoms with Gasteiger partial charge in [0.1, 0.15) is 0 Å². The predicted molar refractivity (Wildman–Crippen MR) is 105 cm³/mol. The van der Waals surface area contributed by atoms with Gasteiger partial charge in [0.05, 0.1) is 15.9 Å². The minimum Gasteiger partial charge on any atom is -0.287 e. The molecule has 7 heteroatoms. The second-order valence-electron chi connectivity index (χ2n) is 7.23. The Balaban J connectivity index is 1.90. The van der Waals surface area contributed by atoms with E-state index >= 15 is 0 Å². The van der Waals surface area contributed by atoms with Crippen LogP contribution >= 0.6 is 11.8 Å². The van der Waals surface area contributed by atoms with Gasteiger partial charge < -0.3 is 0 Å². The van der Waals surface area contributed by atoms with Gasteiger partial charge in [0.2, 0.25) is 5.91 Å². The molecule has 140 valence electrons. The van der Waals surface area contributed by atoms with Crippen LogP contribution in [0.5, 0.6) is 0 Å². The number of hydrogen-bond donors (Lipinski definition) is 0. The fraction of sp³-hybridized carbons (Fsp3) is 0.579. The number of aryl methyl sites for hydroxylation is 1. The molecule has 1 aromatic rings. The number of rotatable bonds is 4. The highest BCUT2D eigenvalue weighted by atomic mass is 32.2. The van der Waals surface area contributed by atoms with Crippen molar-refractivity contribution in [3.05, 3.63) is 33.9 Å². The smallest absolute Gasteiger partial charge is 0.269 e. The first-order valence-corrected chi connectivity index (χ1v) is 10.1. The Morgan fingerprint density at radius 3 is 2.62 bits per heavy atom. The summed E-state index contributed by atoms with van der Waals surface area (Å²) >= 11 is 1.48. The van der Waals surface area contributed by atoms with Gasteiger partial charge in [-0.15, -0.1) is 0 Å². The summed E-state index contributed by atoms with van der Waals surface area (Å²) in [5, 5.41) is 11.5. The van der Waals surface area contributed by atoms with Crippen molar-refractivity contribution in [3.63, 3.8) is 0 Å². The van der Waals surface area contributed by atoms with Gasteiger partial charge in [0.15, 0.2) is 5.17 Å². The van der Waals surface area contributed by atoms with Gasteiger partial charge in [0.25, 0.3) is 5.69 Å². The lowest BCUT2D eigenvalue weighted by Crippen LogP contribution is -2.43. The molecule has 1 aliphatic heterocycles. The van der Waals surface area contributed by atoms with E-state index in [1.54, 1.807) is 6.07 Å². The number of benzene rings is 1. The van der Waals surface area contributed by atoms with Crippen LogP contribution in [0.1, 0.15) is 51.5 Å². The van der Waals surface area contributed by atoms with Crippen LogP contribution in [0.15, 0.2) is 23.2 Å². The molecule has 1 saturated carbocycles. The van der Waals surface area contributed by atoms with Crippen molar-refractivity contribution in [2.45, 2.75) is 64.2 Å². The van der Waals surface area contributed by atoms with Crippen molar-refractivity contribution < 1.29 is 9.72 Å². The van der Waals surface area contributed by atoms with Gasteiger partial charge in [0, 0.05) is 18.2 Å². The average molecular weight is 375 g/mol. The lowest BCUT2D eigenvalue weighted by molar-refractivity contribution is -0.384. The van der Waals surface area contributed by atoms with E-state index in [1.165, 1.54) is 43.2 Å². The van der Waals surface area contributed by atoms with E-state index in [0.717, 1.165) is 23.6 Å². The highest BCUT2D eigenvalue weighted by Crippen LogP contribution is 2.37. The summed E-state index contributed by atoms with van der Waals surface area (Å²) in [6.07, 6.45) is 6.06. The van der Waals surface area contributed by atoms with E-state index in [4.69, 9.17) is 4.99 Å². The number of nitro benzene ring substituents is 1. The van der Waals surface area contributed by atoms with Crippen LogP contribution in [-0.2, 0) is 4.79 Å². The van der Waals surface area contributed by atoms with Crippen LogP contribution in [0.2, 0.25) is 0 Å². The topological polar surface area (TPSA) is 75.8 Å². The van der Waals surface area contributed by atoms with Crippen molar-refractivity contribution in [1.82, 2.24) is 4.90 Å². The molecule has 2 unspecified atom stereocenters. The number of amidine groups is 1. The zero-order valence-corrected chi connectivity index (χ0v) is 16.3. The molecular formula is C19H25N3O3S. The number of hydrogen-bond acceptors (Lipinski definition) is 5. The second-order valence-corrected chi connectivity index (χ2v) is 8.54. The number of carbonyl (C=O) groups excluding carboxylic acids is 1. The predicted octanol–water partition coefficient (Wildman–Crippen LogP) is 4.82. The van der Waals surface area contributed by atoms with E-state index in [1.807, 2.05) is 18.7 Å². The van der Waals surface area contributed by atoms with Crippen LogP contribution in [-0.4, -0.2) is 32.2 Å². The van der Waals surface area contributed by atoms with Gasteiger partial charge in [-0.1, -0.05) is 31.0 Å². The Bertz CT molecular complexity index is 744. The third kappa shape index (κ3) is 3.77. The molecule has 0 spiro atoms. The quantitative estimate of drug-likeness (QED) is 0.558. The standard InChI is InChI=1S/C19H25N3O3S/c1-12-11-16(22(24)25)9-10-17(12)20-19-21(18(23)14(3)26-19)13(2)15-7-5-4-6-8-15/h9-11,13-15H,4-8H2,1-3H3. The maximum absolute atomic E-state index is 12.8. The maximum atomic E-state index is 12.8. The van der Waals surface area contributed by atoms with Crippen LogP contribution in [0.3, 0.4) is 0 Å². The number of amides is 1. The van der Waals surface area contributed by atoms with Gasteiger partial charge >= 0.3 is 0 Å². The molecule has 1 heterocycles. The molecule has 0 N–H and O–H groups in total. The van der Waals surface area contributed by atoms with Crippen molar-refractivity contribution in [1.29, 1.82) is 0 Å². The summed E-state index contributed by atoms with van der Waals surface area (Å²) in [4.78, 5) is 29.9. The van der Waals surface area contributed by atoms with Gasteiger partial charge in [-0.25, -0.2) is 4.99 Å². The molecule has 2 fully saturated rings. The molecule has 0 bridgehead atoms. The molecule has 1 aliphatic carbocycles. The van der Waals surface area contributed by atoms with E-state index in [2.05, 4.69) is 6.92 Å². The summed E-state index contributed by atoms with van der Waals surface area (Å²) in [7, 11) is 0. The zero-order valence-electron chi connectivity index (χ0n) is 15.5. The SMILES string of the molecule is Cc1cc([N+](=O)[O-])ccc1N=C1SC(C)C(=O)N1C(C)C1CCCCC1. The zero-order chi connectivity index (χ0) is 18.8. The molecule has 6 nitrogen and oxygen atoms in total. The summed E-state index contributed by atoms with van der Waals surface area (Å²) in [6, 6.07) is 4.79. The number of thioether (sulfide) groups is 1. The average Bonchev–Trinajstić information content (AvgIpc) is 2.90. The molecule has 3 rings (SSSR count). The maximum Gasteiger partial charge on any atom is 0.269 e. The van der Waals surface area contributed by atoms with Crippen LogP contribution in [0.4, 0.5) is 11.4 Å². The normalized spacial score (nSPS) is 24.3. The number of aliphatic imine (C=N–C) groups is 1. The van der Waals surface area contributed by atoms with E-state index in [9.17, 15) is 14.9 Å². The van der Waals surface area contributed by atoms with Crippen molar-refractivity contribution >= 4 is 34.2 Å². The summed E-state index contributed by atoms with van der Waals surface area (Å²) < 4.78 is 0. The van der Waals surface area contributed by atoms with Gasteiger partial charge in [-0.2, -0.15) is 0 Å². The highest BCUT2D eigenvalue weighted by Gasteiger charge is 2.40. The minimum atomic E-state index is -0.405. The molecule has 2 aliphatic rings. The van der Waals surface area contributed by atoms with Gasteiger partial charge in [-0.3, -0.25) is 19.8 Å². The molecular weight excluding hydrogens is 350 g/mol. The monoisotopic (exact) mass is 375 g/mol. The van der Waals surface area contributed by atoms with Crippen molar-refractivity contribution in [2.75, 3.05) is 0 Å². The Hall–Kier alpha value is -1.89.